The maximum atomic E-state index is 13.3. The molecule has 32 heavy (non-hydrogen) atoms. The Hall–Kier alpha value is -2.75. The van der Waals surface area contributed by atoms with Crippen molar-refractivity contribution in [2.45, 2.75) is 43.8 Å². The largest absolute Gasteiger partial charge is 0.573 e. The fourth-order valence-corrected chi connectivity index (χ4v) is 3.63. The van der Waals surface area contributed by atoms with Gasteiger partial charge in [-0.25, -0.2) is 0 Å². The van der Waals surface area contributed by atoms with Crippen LogP contribution in [0.5, 0.6) is 5.75 Å². The summed E-state index contributed by atoms with van der Waals surface area (Å²) in [6, 6.07) is 10.2. The fourth-order valence-electron chi connectivity index (χ4n) is 3.63. The number of ether oxygens (including phenoxy) is 1. The number of carbonyl (C=O) groups is 1. The highest BCUT2D eigenvalue weighted by atomic mass is 19.4. The van der Waals surface area contributed by atoms with E-state index in [1.54, 1.807) is 12.1 Å². The van der Waals surface area contributed by atoms with E-state index in [0.717, 1.165) is 42.8 Å². The minimum Gasteiger partial charge on any atom is -0.406 e. The molecule has 2 aromatic rings. The number of alkyl halides is 6. The average Bonchev–Trinajstić information content (AvgIpc) is 3.61. The van der Waals surface area contributed by atoms with E-state index in [1.807, 2.05) is 0 Å². The van der Waals surface area contributed by atoms with Crippen LogP contribution in [0.4, 0.5) is 37.7 Å². The summed E-state index contributed by atoms with van der Waals surface area (Å²) in [7, 11) is 0. The molecular formula is C22H20F6N2O2. The molecule has 1 amide bonds. The number of benzene rings is 2. The first-order chi connectivity index (χ1) is 15.0. The van der Waals surface area contributed by atoms with Gasteiger partial charge in [0.2, 0.25) is 0 Å². The van der Waals surface area contributed by atoms with Gasteiger partial charge in [0.05, 0.1) is 0 Å². The minimum atomic E-state index is -5.18. The summed E-state index contributed by atoms with van der Waals surface area (Å²) in [5.74, 6) is -1.90. The number of nitrogens with one attached hydrogen (secondary N) is 1. The van der Waals surface area contributed by atoms with Crippen LogP contribution < -0.4 is 15.0 Å². The summed E-state index contributed by atoms with van der Waals surface area (Å²) >= 11 is 0. The van der Waals surface area contributed by atoms with Gasteiger partial charge in [0.1, 0.15) is 5.75 Å². The van der Waals surface area contributed by atoms with Gasteiger partial charge in [-0.3, -0.25) is 9.69 Å². The highest BCUT2D eigenvalue weighted by Gasteiger charge is 2.44. The van der Waals surface area contributed by atoms with Crippen molar-refractivity contribution in [3.63, 3.8) is 0 Å². The molecule has 2 fully saturated rings. The Labute approximate surface area is 180 Å². The zero-order chi connectivity index (χ0) is 23.1. The Morgan fingerprint density at radius 1 is 1.00 bits per heavy atom. The molecule has 0 radical (unpaired) electrons. The molecule has 4 nitrogen and oxygen atoms in total. The number of hydrogen-bond acceptors (Lipinski definition) is 3. The predicted octanol–water partition coefficient (Wildman–Crippen LogP) is 5.67. The second-order valence-electron chi connectivity index (χ2n) is 8.08. The van der Waals surface area contributed by atoms with E-state index in [2.05, 4.69) is 10.1 Å². The SMILES string of the molecule is O=C(N(c1ccc(OC(F)(F)F)cc1)c1cccc(C2CC2NCC2CC2)c1)C(F)(F)F. The Bertz CT molecular complexity index is 970. The maximum Gasteiger partial charge on any atom is 0.573 e. The highest BCUT2D eigenvalue weighted by Crippen LogP contribution is 2.43. The quantitative estimate of drug-likeness (QED) is 0.544. The van der Waals surface area contributed by atoms with Crippen molar-refractivity contribution in [2.75, 3.05) is 11.4 Å². The Morgan fingerprint density at radius 2 is 1.69 bits per heavy atom. The first-order valence-electron chi connectivity index (χ1n) is 10.1. The molecule has 172 valence electrons. The molecule has 2 saturated carbocycles. The van der Waals surface area contributed by atoms with Crippen LogP contribution in [0.2, 0.25) is 0 Å². The van der Waals surface area contributed by atoms with Gasteiger partial charge < -0.3 is 10.1 Å². The van der Waals surface area contributed by atoms with Crippen LogP contribution in [-0.4, -0.2) is 31.0 Å². The van der Waals surface area contributed by atoms with Gasteiger partial charge in [0.25, 0.3) is 0 Å². The fraction of sp³-hybridized carbons (Fsp3) is 0.409. The van der Waals surface area contributed by atoms with E-state index in [4.69, 9.17) is 0 Å². The van der Waals surface area contributed by atoms with E-state index < -0.39 is 24.2 Å². The molecule has 4 rings (SSSR count). The molecular weight excluding hydrogens is 438 g/mol. The smallest absolute Gasteiger partial charge is 0.406 e. The van der Waals surface area contributed by atoms with Crippen LogP contribution >= 0.6 is 0 Å². The predicted molar refractivity (Wildman–Crippen MR) is 105 cm³/mol. The van der Waals surface area contributed by atoms with Crippen molar-refractivity contribution < 1.29 is 35.9 Å². The Morgan fingerprint density at radius 3 is 2.28 bits per heavy atom. The van der Waals surface area contributed by atoms with Crippen LogP contribution in [0, 0.1) is 5.92 Å². The zero-order valence-corrected chi connectivity index (χ0v) is 16.7. The number of anilines is 2. The molecule has 2 atom stereocenters. The van der Waals surface area contributed by atoms with E-state index in [1.165, 1.54) is 25.0 Å². The Kier molecular flexibility index (Phi) is 5.83. The van der Waals surface area contributed by atoms with Crippen molar-refractivity contribution in [3.8, 4) is 5.75 Å². The number of amides is 1. The van der Waals surface area contributed by atoms with E-state index in [-0.39, 0.29) is 23.3 Å². The van der Waals surface area contributed by atoms with Gasteiger partial charge in [-0.1, -0.05) is 12.1 Å². The minimum absolute atomic E-state index is 0.0119. The molecule has 0 saturated heterocycles. The summed E-state index contributed by atoms with van der Waals surface area (Å²) in [4.78, 5) is 12.7. The van der Waals surface area contributed by atoms with Gasteiger partial charge in [0, 0.05) is 23.3 Å². The van der Waals surface area contributed by atoms with Crippen LogP contribution in [0.15, 0.2) is 48.5 Å². The topological polar surface area (TPSA) is 41.6 Å². The normalized spacial score (nSPS) is 20.7. The van der Waals surface area contributed by atoms with Gasteiger partial charge >= 0.3 is 18.4 Å². The van der Waals surface area contributed by atoms with Gasteiger partial charge in [-0.15, -0.1) is 13.2 Å². The standard InChI is InChI=1S/C22H20F6N2O2/c23-21(24,25)20(31)30(15-6-8-17(9-7-15)32-22(26,27)28)16-3-1-2-14(10-16)18-11-19(18)29-12-13-4-5-13/h1-3,6-10,13,18-19,29H,4-5,11-12H2. The molecule has 0 spiro atoms. The molecule has 2 aliphatic carbocycles. The third-order valence-corrected chi connectivity index (χ3v) is 5.49. The van der Waals surface area contributed by atoms with Crippen LogP contribution in [0.25, 0.3) is 0 Å². The van der Waals surface area contributed by atoms with Gasteiger partial charge in [-0.2, -0.15) is 13.2 Å². The van der Waals surface area contributed by atoms with Crippen molar-refractivity contribution in [2.24, 2.45) is 5.92 Å². The first-order valence-corrected chi connectivity index (χ1v) is 10.1. The molecule has 2 aliphatic rings. The lowest BCUT2D eigenvalue weighted by Crippen LogP contribution is -2.38. The second kappa shape index (κ2) is 8.31. The van der Waals surface area contributed by atoms with E-state index in [0.29, 0.717) is 10.8 Å². The molecule has 1 N–H and O–H groups in total. The van der Waals surface area contributed by atoms with Crippen molar-refractivity contribution in [3.05, 3.63) is 54.1 Å². The first kappa shape index (κ1) is 22.4. The van der Waals surface area contributed by atoms with Crippen LogP contribution in [-0.2, 0) is 4.79 Å². The molecule has 2 aromatic carbocycles. The number of carbonyl (C=O) groups excluding carboxylic acids is 1. The summed E-state index contributed by atoms with van der Waals surface area (Å²) in [5, 5.41) is 3.45. The summed E-state index contributed by atoms with van der Waals surface area (Å²) in [6.07, 6.45) is -6.84. The van der Waals surface area contributed by atoms with Crippen molar-refractivity contribution in [1.82, 2.24) is 5.32 Å². The van der Waals surface area contributed by atoms with E-state index >= 15 is 0 Å². The van der Waals surface area contributed by atoms with Gasteiger partial charge in [0.15, 0.2) is 0 Å². The molecule has 0 aromatic heterocycles. The lowest BCUT2D eigenvalue weighted by Gasteiger charge is -2.25. The number of halogens is 6. The van der Waals surface area contributed by atoms with Crippen molar-refractivity contribution >= 4 is 17.3 Å². The number of nitrogens with zero attached hydrogens (tertiary/aromatic N) is 1. The van der Waals surface area contributed by atoms with E-state index in [9.17, 15) is 31.1 Å². The third kappa shape index (κ3) is 5.53. The molecule has 10 heteroatoms. The molecule has 0 heterocycles. The lowest BCUT2D eigenvalue weighted by molar-refractivity contribution is -0.274. The number of rotatable bonds is 7. The zero-order valence-electron chi connectivity index (χ0n) is 16.7. The van der Waals surface area contributed by atoms with Crippen molar-refractivity contribution in [1.29, 1.82) is 0 Å². The maximum absolute atomic E-state index is 13.3. The highest BCUT2D eigenvalue weighted by molar-refractivity contribution is 6.03. The molecule has 0 aliphatic heterocycles. The lowest BCUT2D eigenvalue weighted by atomic mass is 10.1. The summed E-state index contributed by atoms with van der Waals surface area (Å²) in [6.45, 7) is 0.923. The van der Waals surface area contributed by atoms with Crippen LogP contribution in [0.3, 0.4) is 0 Å². The summed E-state index contributed by atoms with van der Waals surface area (Å²) < 4.78 is 80.8. The molecule has 0 bridgehead atoms. The average molecular weight is 458 g/mol. The number of hydrogen-bond donors (Lipinski definition) is 1. The monoisotopic (exact) mass is 458 g/mol. The molecule has 2 unspecified atom stereocenters. The van der Waals surface area contributed by atoms with Gasteiger partial charge in [-0.05, 0) is 73.7 Å². The Balaban J connectivity index is 1.58. The second-order valence-corrected chi connectivity index (χ2v) is 8.08. The summed E-state index contributed by atoms with van der Waals surface area (Å²) in [5.41, 5.74) is 0.563. The third-order valence-electron chi connectivity index (χ3n) is 5.49. The van der Waals surface area contributed by atoms with Crippen LogP contribution in [0.1, 0.15) is 30.7 Å².